The minimum absolute atomic E-state index is 0.239. The van der Waals surface area contributed by atoms with Crippen molar-refractivity contribution < 1.29 is 4.92 Å². The number of pyridine rings is 1. The smallest absolute Gasteiger partial charge is 0.232 e. The van der Waals surface area contributed by atoms with Gasteiger partial charge in [0, 0.05) is 35.7 Å². The van der Waals surface area contributed by atoms with E-state index in [0.29, 0.717) is 25.2 Å². The van der Waals surface area contributed by atoms with Gasteiger partial charge in [0.05, 0.1) is 0 Å². The number of fused-ring (bicyclic) bond motifs is 1. The largest absolute Gasteiger partial charge is 0.265 e. The molecule has 1 aliphatic rings. The van der Waals surface area contributed by atoms with Crippen LogP contribution in [0.15, 0.2) is 24.5 Å². The summed E-state index contributed by atoms with van der Waals surface area (Å²) in [5.74, 6) is 1.43. The van der Waals surface area contributed by atoms with Crippen LogP contribution in [-0.4, -0.2) is 30.7 Å². The number of hydrogen-bond acceptors (Lipinski definition) is 5. The lowest BCUT2D eigenvalue weighted by Gasteiger charge is -2.15. The molecule has 2 aromatic rings. The van der Waals surface area contributed by atoms with Crippen molar-refractivity contribution >= 4 is 0 Å². The first-order valence-corrected chi connectivity index (χ1v) is 5.71. The van der Waals surface area contributed by atoms with E-state index in [2.05, 4.69) is 15.1 Å². The van der Waals surface area contributed by atoms with E-state index in [-0.39, 0.29) is 4.92 Å². The molecule has 0 N–H and O–H groups in total. The molecule has 0 radical (unpaired) electrons. The molecule has 7 nitrogen and oxygen atoms in total. The summed E-state index contributed by atoms with van der Waals surface area (Å²) in [4.78, 5) is 18.9. The van der Waals surface area contributed by atoms with Gasteiger partial charge in [0.25, 0.3) is 0 Å². The summed E-state index contributed by atoms with van der Waals surface area (Å²) in [6.07, 6.45) is 4.48. The molecule has 0 fully saturated rings. The highest BCUT2D eigenvalue weighted by molar-refractivity contribution is 5.53. The fourth-order valence-corrected chi connectivity index (χ4v) is 2.09. The number of nitrogens with zero attached hydrogens (tertiary/aromatic N) is 5. The Balaban J connectivity index is 1.92. The van der Waals surface area contributed by atoms with E-state index >= 15 is 0 Å². The molecule has 7 heteroatoms. The molecule has 0 aromatic carbocycles. The first-order chi connectivity index (χ1) is 8.74. The van der Waals surface area contributed by atoms with Gasteiger partial charge in [0.2, 0.25) is 6.04 Å². The highest BCUT2D eigenvalue weighted by atomic mass is 16.6. The van der Waals surface area contributed by atoms with Crippen LogP contribution in [0.5, 0.6) is 0 Å². The summed E-state index contributed by atoms with van der Waals surface area (Å²) in [7, 11) is 0. The fourth-order valence-electron chi connectivity index (χ4n) is 2.09. The lowest BCUT2D eigenvalue weighted by Crippen LogP contribution is -2.31. The number of hydrogen-bond donors (Lipinski definition) is 0. The minimum Gasteiger partial charge on any atom is -0.265 e. The summed E-state index contributed by atoms with van der Waals surface area (Å²) in [5, 5.41) is 15.1. The molecule has 0 amide bonds. The van der Waals surface area contributed by atoms with Crippen molar-refractivity contribution in [1.82, 2.24) is 19.7 Å². The van der Waals surface area contributed by atoms with Crippen molar-refractivity contribution in [1.29, 1.82) is 0 Å². The third-order valence-corrected chi connectivity index (χ3v) is 3.07. The Hall–Kier alpha value is -2.31. The Morgan fingerprint density at radius 1 is 1.39 bits per heavy atom. The Labute approximate surface area is 103 Å². The van der Waals surface area contributed by atoms with Gasteiger partial charge in [-0.15, -0.1) is 0 Å². The summed E-state index contributed by atoms with van der Waals surface area (Å²) >= 11 is 0. The highest BCUT2D eigenvalue weighted by Crippen LogP contribution is 2.19. The molecule has 0 saturated carbocycles. The Kier molecular flexibility index (Phi) is 2.51. The molecule has 3 rings (SSSR count). The van der Waals surface area contributed by atoms with Crippen LogP contribution in [-0.2, 0) is 13.0 Å². The Bertz CT molecular complexity index is 580. The van der Waals surface area contributed by atoms with Gasteiger partial charge in [-0.1, -0.05) is 0 Å². The van der Waals surface area contributed by atoms with Crippen molar-refractivity contribution in [3.63, 3.8) is 0 Å². The van der Waals surface area contributed by atoms with Crippen molar-refractivity contribution in [2.24, 2.45) is 0 Å². The number of rotatable bonds is 2. The van der Waals surface area contributed by atoms with Crippen molar-refractivity contribution in [2.75, 3.05) is 0 Å². The predicted molar refractivity (Wildman–Crippen MR) is 62.4 cm³/mol. The van der Waals surface area contributed by atoms with Crippen LogP contribution < -0.4 is 0 Å². The minimum atomic E-state index is -0.551. The van der Waals surface area contributed by atoms with Gasteiger partial charge in [-0.05, 0) is 12.1 Å². The number of aromatic nitrogens is 4. The van der Waals surface area contributed by atoms with Crippen LogP contribution in [0.25, 0.3) is 11.4 Å². The second kappa shape index (κ2) is 4.17. The average molecular weight is 245 g/mol. The van der Waals surface area contributed by atoms with E-state index in [4.69, 9.17) is 0 Å². The SMILES string of the molecule is O=[N+]([O-])C1CCc2nc(-c3ccncc3)nn2C1. The molecular weight excluding hydrogens is 234 g/mol. The van der Waals surface area contributed by atoms with Gasteiger partial charge in [0.1, 0.15) is 12.4 Å². The zero-order valence-corrected chi connectivity index (χ0v) is 9.56. The van der Waals surface area contributed by atoms with E-state index in [0.717, 1.165) is 11.4 Å². The molecule has 0 bridgehead atoms. The maximum absolute atomic E-state index is 10.8. The first kappa shape index (κ1) is 10.8. The third-order valence-electron chi connectivity index (χ3n) is 3.07. The van der Waals surface area contributed by atoms with Crippen molar-refractivity contribution in [3.05, 3.63) is 40.5 Å². The lowest BCUT2D eigenvalue weighted by molar-refractivity contribution is -0.527. The van der Waals surface area contributed by atoms with Crippen LogP contribution in [0.4, 0.5) is 0 Å². The van der Waals surface area contributed by atoms with Gasteiger partial charge in [-0.25, -0.2) is 9.67 Å². The number of nitro groups is 1. The van der Waals surface area contributed by atoms with E-state index < -0.39 is 6.04 Å². The second-order valence-corrected chi connectivity index (χ2v) is 4.25. The highest BCUT2D eigenvalue weighted by Gasteiger charge is 2.29. The van der Waals surface area contributed by atoms with E-state index in [9.17, 15) is 10.1 Å². The Morgan fingerprint density at radius 2 is 2.17 bits per heavy atom. The monoisotopic (exact) mass is 245 g/mol. The lowest BCUT2D eigenvalue weighted by atomic mass is 10.1. The third kappa shape index (κ3) is 1.83. The molecule has 0 spiro atoms. The average Bonchev–Trinajstić information content (AvgIpc) is 2.82. The summed E-state index contributed by atoms with van der Waals surface area (Å²) in [6.45, 7) is 0.306. The van der Waals surface area contributed by atoms with Gasteiger partial charge in [0.15, 0.2) is 5.82 Å². The van der Waals surface area contributed by atoms with Crippen molar-refractivity contribution in [2.45, 2.75) is 25.4 Å². The number of aryl methyl sites for hydroxylation is 1. The van der Waals surface area contributed by atoms with E-state index in [1.165, 1.54) is 0 Å². The predicted octanol–water partition coefficient (Wildman–Crippen LogP) is 0.932. The molecule has 1 aliphatic heterocycles. The van der Waals surface area contributed by atoms with Gasteiger partial charge >= 0.3 is 0 Å². The zero-order valence-electron chi connectivity index (χ0n) is 9.56. The molecular formula is C11H11N5O2. The molecule has 0 saturated heterocycles. The maximum atomic E-state index is 10.8. The standard InChI is InChI=1S/C11H11N5O2/c17-16(18)9-1-2-10-13-11(14-15(10)7-9)8-3-5-12-6-4-8/h3-6,9H,1-2,7H2. The maximum Gasteiger partial charge on any atom is 0.232 e. The van der Waals surface area contributed by atoms with Crippen LogP contribution in [0.1, 0.15) is 12.2 Å². The van der Waals surface area contributed by atoms with Crippen LogP contribution >= 0.6 is 0 Å². The van der Waals surface area contributed by atoms with Gasteiger partial charge in [-0.2, -0.15) is 5.10 Å². The molecule has 18 heavy (non-hydrogen) atoms. The quantitative estimate of drug-likeness (QED) is 0.580. The van der Waals surface area contributed by atoms with E-state index in [1.807, 2.05) is 12.1 Å². The summed E-state index contributed by atoms with van der Waals surface area (Å²) in [5.41, 5.74) is 0.879. The molecule has 3 heterocycles. The van der Waals surface area contributed by atoms with Crippen LogP contribution in [0, 0.1) is 10.1 Å². The van der Waals surface area contributed by atoms with E-state index in [1.54, 1.807) is 17.1 Å². The fraction of sp³-hybridized carbons (Fsp3) is 0.364. The molecule has 2 aromatic heterocycles. The second-order valence-electron chi connectivity index (χ2n) is 4.25. The van der Waals surface area contributed by atoms with Gasteiger partial charge in [-0.3, -0.25) is 15.1 Å². The molecule has 92 valence electrons. The molecule has 0 aliphatic carbocycles. The summed E-state index contributed by atoms with van der Waals surface area (Å²) < 4.78 is 1.65. The van der Waals surface area contributed by atoms with Crippen LogP contribution in [0.2, 0.25) is 0 Å². The Morgan fingerprint density at radius 3 is 2.89 bits per heavy atom. The molecule has 1 atom stereocenters. The zero-order chi connectivity index (χ0) is 12.5. The van der Waals surface area contributed by atoms with Crippen LogP contribution in [0.3, 0.4) is 0 Å². The summed E-state index contributed by atoms with van der Waals surface area (Å²) in [6, 6.07) is 3.10. The van der Waals surface area contributed by atoms with Crippen molar-refractivity contribution in [3.8, 4) is 11.4 Å². The topological polar surface area (TPSA) is 86.7 Å². The molecule has 1 unspecified atom stereocenters. The van der Waals surface area contributed by atoms with Gasteiger partial charge < -0.3 is 0 Å². The first-order valence-electron chi connectivity index (χ1n) is 5.71. The normalized spacial score (nSPS) is 18.3.